The van der Waals surface area contributed by atoms with Crippen molar-refractivity contribution in [3.63, 3.8) is 0 Å². The normalized spacial score (nSPS) is 16.8. The first-order valence-corrected chi connectivity index (χ1v) is 5.57. The maximum absolute atomic E-state index is 11.2. The van der Waals surface area contributed by atoms with E-state index in [1.165, 1.54) is 0 Å². The highest BCUT2D eigenvalue weighted by atomic mass is 16.1. The van der Waals surface area contributed by atoms with Gasteiger partial charge in [-0.1, -0.05) is 6.92 Å². The fourth-order valence-corrected chi connectivity index (χ4v) is 1.53. The zero-order chi connectivity index (χ0) is 11.1. The molecule has 4 heteroatoms. The molecule has 0 aromatic carbocycles. The van der Waals surface area contributed by atoms with Crippen molar-refractivity contribution in [1.82, 2.24) is 10.6 Å². The molecule has 0 heterocycles. The molecule has 84 valence electrons. The number of nitrogens with one attached hydrogen (secondary N) is 2. The van der Waals surface area contributed by atoms with Crippen molar-refractivity contribution in [1.29, 1.82) is 5.26 Å². The largest absolute Gasteiger partial charge is 0.355 e. The van der Waals surface area contributed by atoms with Gasteiger partial charge in [0.15, 0.2) is 0 Å². The van der Waals surface area contributed by atoms with Crippen LogP contribution in [0.2, 0.25) is 0 Å². The first kappa shape index (κ1) is 12.0. The van der Waals surface area contributed by atoms with Crippen LogP contribution in [0.1, 0.15) is 32.6 Å². The van der Waals surface area contributed by atoms with Gasteiger partial charge in [-0.15, -0.1) is 0 Å². The summed E-state index contributed by atoms with van der Waals surface area (Å²) in [5.74, 6) is 0.0459. The number of carbonyl (C=O) groups is 1. The number of hydrogen-bond acceptors (Lipinski definition) is 3. The second kappa shape index (κ2) is 5.72. The van der Waals surface area contributed by atoms with Gasteiger partial charge in [0.1, 0.15) is 0 Å². The smallest absolute Gasteiger partial charge is 0.233 e. The van der Waals surface area contributed by atoms with Crippen LogP contribution in [0.4, 0.5) is 0 Å². The van der Waals surface area contributed by atoms with E-state index in [1.54, 1.807) is 0 Å². The Morgan fingerprint density at radius 1 is 1.53 bits per heavy atom. The van der Waals surface area contributed by atoms with Crippen LogP contribution in [0.5, 0.6) is 0 Å². The fraction of sp³-hybridized carbons (Fsp3) is 0.818. The third-order valence-electron chi connectivity index (χ3n) is 2.77. The molecule has 0 unspecified atom stereocenters. The Bertz CT molecular complexity index is 253. The Morgan fingerprint density at radius 3 is 2.80 bits per heavy atom. The monoisotopic (exact) mass is 209 g/mol. The van der Waals surface area contributed by atoms with Crippen molar-refractivity contribution in [2.24, 2.45) is 5.41 Å². The summed E-state index contributed by atoms with van der Waals surface area (Å²) in [6.45, 7) is 3.93. The van der Waals surface area contributed by atoms with Gasteiger partial charge >= 0.3 is 0 Å². The molecular formula is C11H19N3O. The minimum absolute atomic E-state index is 0.0459. The van der Waals surface area contributed by atoms with E-state index in [4.69, 9.17) is 5.26 Å². The second-order valence-electron chi connectivity index (χ2n) is 4.29. The number of nitriles is 1. The third kappa shape index (κ3) is 4.30. The Kier molecular flexibility index (Phi) is 4.57. The van der Waals surface area contributed by atoms with E-state index in [0.29, 0.717) is 13.0 Å². The van der Waals surface area contributed by atoms with Crippen molar-refractivity contribution in [3.05, 3.63) is 0 Å². The molecule has 1 amide bonds. The molecule has 0 aromatic heterocycles. The van der Waals surface area contributed by atoms with Gasteiger partial charge in [-0.05, 0) is 24.7 Å². The molecule has 1 saturated carbocycles. The van der Waals surface area contributed by atoms with Gasteiger partial charge in [-0.3, -0.25) is 4.79 Å². The lowest BCUT2D eigenvalue weighted by Gasteiger charge is -2.11. The van der Waals surface area contributed by atoms with Crippen molar-refractivity contribution in [2.45, 2.75) is 32.6 Å². The van der Waals surface area contributed by atoms with Gasteiger partial charge in [-0.25, -0.2) is 0 Å². The maximum Gasteiger partial charge on any atom is 0.233 e. The zero-order valence-electron chi connectivity index (χ0n) is 9.31. The predicted octanol–water partition coefficient (Wildman–Crippen LogP) is 0.796. The molecule has 2 N–H and O–H groups in total. The molecule has 1 fully saturated rings. The van der Waals surface area contributed by atoms with Gasteiger partial charge in [0.05, 0.1) is 12.6 Å². The number of hydrogen-bond donors (Lipinski definition) is 2. The summed E-state index contributed by atoms with van der Waals surface area (Å²) in [5, 5.41) is 14.5. The minimum Gasteiger partial charge on any atom is -0.355 e. The minimum atomic E-state index is 0.0459. The Balaban J connectivity index is 2.06. The molecule has 15 heavy (non-hydrogen) atoms. The quantitative estimate of drug-likeness (QED) is 0.651. The van der Waals surface area contributed by atoms with E-state index in [0.717, 1.165) is 32.4 Å². The molecule has 0 aromatic rings. The molecule has 0 spiro atoms. The van der Waals surface area contributed by atoms with Gasteiger partial charge in [0.25, 0.3) is 0 Å². The van der Waals surface area contributed by atoms with E-state index in [-0.39, 0.29) is 11.3 Å². The molecule has 0 saturated heterocycles. The average Bonchev–Trinajstić information content (AvgIpc) is 2.96. The molecule has 4 nitrogen and oxygen atoms in total. The Morgan fingerprint density at radius 2 is 2.27 bits per heavy atom. The van der Waals surface area contributed by atoms with E-state index < -0.39 is 0 Å². The summed E-state index contributed by atoms with van der Waals surface area (Å²) >= 11 is 0. The SMILES string of the molecule is CCCNC(=O)CNCC1(CC#N)CC1. The third-order valence-corrected chi connectivity index (χ3v) is 2.77. The van der Waals surface area contributed by atoms with Crippen LogP contribution in [0.3, 0.4) is 0 Å². The van der Waals surface area contributed by atoms with Crippen LogP contribution >= 0.6 is 0 Å². The molecule has 0 atom stereocenters. The van der Waals surface area contributed by atoms with Crippen molar-refractivity contribution in [3.8, 4) is 6.07 Å². The van der Waals surface area contributed by atoms with Gasteiger partial charge < -0.3 is 10.6 Å². The molecular weight excluding hydrogens is 190 g/mol. The first-order chi connectivity index (χ1) is 7.22. The van der Waals surface area contributed by atoms with Gasteiger partial charge in [0, 0.05) is 19.5 Å². The van der Waals surface area contributed by atoms with E-state index in [1.807, 2.05) is 6.92 Å². The number of rotatable bonds is 7. The van der Waals surface area contributed by atoms with Crippen LogP contribution in [0.25, 0.3) is 0 Å². The molecule has 1 aliphatic rings. The highest BCUT2D eigenvalue weighted by Gasteiger charge is 2.41. The summed E-state index contributed by atoms with van der Waals surface area (Å²) < 4.78 is 0. The summed E-state index contributed by atoms with van der Waals surface area (Å²) in [6, 6.07) is 2.20. The molecule has 1 aliphatic carbocycles. The van der Waals surface area contributed by atoms with Crippen molar-refractivity contribution >= 4 is 5.91 Å². The lowest BCUT2D eigenvalue weighted by molar-refractivity contribution is -0.120. The standard InChI is InChI=1S/C11H19N3O/c1-2-7-14-10(15)8-13-9-11(3-4-11)5-6-12/h13H,2-5,7-9H2,1H3,(H,14,15). The van der Waals surface area contributed by atoms with Crippen molar-refractivity contribution < 1.29 is 4.79 Å². The zero-order valence-corrected chi connectivity index (χ0v) is 9.31. The van der Waals surface area contributed by atoms with E-state index in [2.05, 4.69) is 16.7 Å². The Labute approximate surface area is 91.0 Å². The highest BCUT2D eigenvalue weighted by molar-refractivity contribution is 5.77. The van der Waals surface area contributed by atoms with Crippen LogP contribution in [-0.4, -0.2) is 25.5 Å². The molecule has 0 radical (unpaired) electrons. The van der Waals surface area contributed by atoms with Crippen LogP contribution in [-0.2, 0) is 4.79 Å². The molecule has 1 rings (SSSR count). The van der Waals surface area contributed by atoms with Crippen LogP contribution in [0.15, 0.2) is 0 Å². The summed E-state index contributed by atoms with van der Waals surface area (Å²) in [7, 11) is 0. The van der Waals surface area contributed by atoms with E-state index >= 15 is 0 Å². The van der Waals surface area contributed by atoms with Crippen molar-refractivity contribution in [2.75, 3.05) is 19.6 Å². The summed E-state index contributed by atoms with van der Waals surface area (Å²) in [6.07, 6.45) is 3.80. The summed E-state index contributed by atoms with van der Waals surface area (Å²) in [5.41, 5.74) is 0.180. The molecule has 0 bridgehead atoms. The Hall–Kier alpha value is -1.08. The van der Waals surface area contributed by atoms with Gasteiger partial charge in [0.2, 0.25) is 5.91 Å². The first-order valence-electron chi connectivity index (χ1n) is 5.57. The summed E-state index contributed by atoms with van der Waals surface area (Å²) in [4.78, 5) is 11.2. The number of carbonyl (C=O) groups excluding carboxylic acids is 1. The average molecular weight is 209 g/mol. The topological polar surface area (TPSA) is 64.9 Å². The van der Waals surface area contributed by atoms with E-state index in [9.17, 15) is 4.79 Å². The predicted molar refractivity (Wildman–Crippen MR) is 58.1 cm³/mol. The molecule has 0 aliphatic heterocycles. The lowest BCUT2D eigenvalue weighted by Crippen LogP contribution is -2.36. The number of amides is 1. The van der Waals surface area contributed by atoms with Gasteiger partial charge in [-0.2, -0.15) is 5.26 Å². The second-order valence-corrected chi connectivity index (χ2v) is 4.29. The number of nitrogens with zero attached hydrogens (tertiary/aromatic N) is 1. The highest BCUT2D eigenvalue weighted by Crippen LogP contribution is 2.47. The maximum atomic E-state index is 11.2. The fourth-order valence-electron chi connectivity index (χ4n) is 1.53. The van der Waals surface area contributed by atoms with Crippen LogP contribution in [0, 0.1) is 16.7 Å². The van der Waals surface area contributed by atoms with Crippen LogP contribution < -0.4 is 10.6 Å². The lowest BCUT2D eigenvalue weighted by atomic mass is 10.0.